The number of amidine groups is 1. The number of amides is 2. The molecule has 0 spiro atoms. The van der Waals surface area contributed by atoms with Gasteiger partial charge in [-0.05, 0) is 30.7 Å². The Bertz CT molecular complexity index is 1090. The third-order valence-electron chi connectivity index (χ3n) is 4.20. The summed E-state index contributed by atoms with van der Waals surface area (Å²) in [6.45, 7) is 1.66. The molecule has 0 saturated carbocycles. The molecule has 1 aliphatic rings. The van der Waals surface area contributed by atoms with Crippen molar-refractivity contribution in [3.63, 3.8) is 0 Å². The second-order valence-electron chi connectivity index (χ2n) is 6.56. The van der Waals surface area contributed by atoms with Gasteiger partial charge in [0, 0.05) is 12.5 Å². The molecule has 0 aliphatic carbocycles. The number of halogens is 3. The van der Waals surface area contributed by atoms with Crippen molar-refractivity contribution in [1.29, 1.82) is 0 Å². The Morgan fingerprint density at radius 3 is 2.68 bits per heavy atom. The number of aliphatic imine (C=N–C) groups is 1. The molecule has 31 heavy (non-hydrogen) atoms. The summed E-state index contributed by atoms with van der Waals surface area (Å²) in [7, 11) is 0. The molecule has 1 atom stereocenters. The van der Waals surface area contributed by atoms with E-state index in [1.54, 1.807) is 13.0 Å². The lowest BCUT2D eigenvalue weighted by Crippen LogP contribution is -2.28. The van der Waals surface area contributed by atoms with E-state index in [-0.39, 0.29) is 28.7 Å². The maximum atomic E-state index is 13.1. The van der Waals surface area contributed by atoms with E-state index in [2.05, 4.69) is 15.6 Å². The highest BCUT2D eigenvalue weighted by Gasteiger charge is 2.35. The first kappa shape index (κ1) is 22.3. The number of nitrogens with zero attached hydrogens (tertiary/aromatic N) is 2. The molecule has 2 amide bonds. The number of aryl methyl sites for hydroxylation is 1. The van der Waals surface area contributed by atoms with Gasteiger partial charge in [-0.2, -0.15) is 13.2 Å². The summed E-state index contributed by atoms with van der Waals surface area (Å²) in [4.78, 5) is 38.8. The summed E-state index contributed by atoms with van der Waals surface area (Å²) in [5.74, 6) is -1.25. The van der Waals surface area contributed by atoms with E-state index in [1.165, 1.54) is 30.3 Å². The average Bonchev–Trinajstić information content (AvgIpc) is 3.01. The standard InChI is InChI=1S/C19H15F3N4O4S/c1-10-6-7-13(14(8-10)26(29)30)23-16(27)9-15-17(28)25-18(31-15)24-12-5-3-2-4-11(12)19(20,21)22/h2-8,15H,9H2,1H3,(H,23,27)(H,24,25,28). The number of anilines is 1. The van der Waals surface area contributed by atoms with Crippen LogP contribution in [0.4, 0.5) is 30.2 Å². The summed E-state index contributed by atoms with van der Waals surface area (Å²) in [5, 5.41) is 14.9. The minimum Gasteiger partial charge on any atom is -0.320 e. The van der Waals surface area contributed by atoms with Crippen LogP contribution in [0, 0.1) is 17.0 Å². The molecule has 8 nitrogen and oxygen atoms in total. The fourth-order valence-electron chi connectivity index (χ4n) is 2.78. The van der Waals surface area contributed by atoms with Crippen molar-refractivity contribution in [3.8, 4) is 0 Å². The molecule has 1 saturated heterocycles. The Kier molecular flexibility index (Phi) is 6.29. The van der Waals surface area contributed by atoms with E-state index >= 15 is 0 Å². The van der Waals surface area contributed by atoms with E-state index in [0.29, 0.717) is 5.56 Å². The zero-order valence-electron chi connectivity index (χ0n) is 15.9. The first-order chi connectivity index (χ1) is 14.5. The number of carbonyl (C=O) groups excluding carboxylic acids is 2. The van der Waals surface area contributed by atoms with Gasteiger partial charge < -0.3 is 10.6 Å². The van der Waals surface area contributed by atoms with Crippen molar-refractivity contribution < 1.29 is 27.7 Å². The van der Waals surface area contributed by atoms with Crippen LogP contribution < -0.4 is 10.6 Å². The lowest BCUT2D eigenvalue weighted by Gasteiger charge is -2.09. The van der Waals surface area contributed by atoms with Crippen molar-refractivity contribution in [1.82, 2.24) is 5.32 Å². The van der Waals surface area contributed by atoms with Gasteiger partial charge in [0.1, 0.15) is 10.9 Å². The number of nitro benzene ring substituents is 1. The number of thioether (sulfide) groups is 1. The van der Waals surface area contributed by atoms with Gasteiger partial charge in [0.2, 0.25) is 11.8 Å². The zero-order chi connectivity index (χ0) is 22.8. The number of nitrogens with one attached hydrogen (secondary N) is 2. The Morgan fingerprint density at radius 2 is 2.00 bits per heavy atom. The molecular formula is C19H15F3N4O4S. The second kappa shape index (κ2) is 8.76. The molecule has 1 unspecified atom stereocenters. The number of para-hydroxylation sites is 1. The van der Waals surface area contributed by atoms with Crippen LogP contribution in [0.5, 0.6) is 0 Å². The van der Waals surface area contributed by atoms with Crippen LogP contribution >= 0.6 is 11.8 Å². The van der Waals surface area contributed by atoms with E-state index in [0.717, 1.165) is 17.8 Å². The van der Waals surface area contributed by atoms with Gasteiger partial charge in [-0.3, -0.25) is 19.7 Å². The van der Waals surface area contributed by atoms with Crippen molar-refractivity contribution in [2.75, 3.05) is 5.32 Å². The minimum absolute atomic E-state index is 0.0167. The van der Waals surface area contributed by atoms with Gasteiger partial charge in [-0.1, -0.05) is 30.0 Å². The minimum atomic E-state index is -4.62. The molecule has 162 valence electrons. The Hall–Kier alpha value is -3.41. The predicted octanol–water partition coefficient (Wildman–Crippen LogP) is 4.17. The molecule has 12 heteroatoms. The highest BCUT2D eigenvalue weighted by atomic mass is 32.2. The van der Waals surface area contributed by atoms with E-state index in [1.807, 2.05) is 0 Å². The van der Waals surface area contributed by atoms with E-state index in [4.69, 9.17) is 0 Å². The summed E-state index contributed by atoms with van der Waals surface area (Å²) in [6.07, 6.45) is -4.96. The zero-order valence-corrected chi connectivity index (χ0v) is 16.7. The summed E-state index contributed by atoms with van der Waals surface area (Å²) < 4.78 is 39.3. The third kappa shape index (κ3) is 5.40. The van der Waals surface area contributed by atoms with Crippen LogP contribution in [0.3, 0.4) is 0 Å². The summed E-state index contributed by atoms with van der Waals surface area (Å²) in [5.41, 5.74) is -0.987. The molecule has 1 heterocycles. The van der Waals surface area contributed by atoms with Crippen LogP contribution in [0.1, 0.15) is 17.5 Å². The molecule has 2 aromatic carbocycles. The average molecular weight is 452 g/mol. The first-order valence-corrected chi connectivity index (χ1v) is 9.70. The van der Waals surface area contributed by atoms with Gasteiger partial charge in [-0.25, -0.2) is 4.99 Å². The molecule has 3 rings (SSSR count). The van der Waals surface area contributed by atoms with Crippen LogP contribution in [-0.4, -0.2) is 27.2 Å². The molecule has 2 N–H and O–H groups in total. The largest absolute Gasteiger partial charge is 0.418 e. The van der Waals surface area contributed by atoms with Crippen molar-refractivity contribution in [2.45, 2.75) is 24.8 Å². The SMILES string of the molecule is Cc1ccc(NC(=O)CC2SC(=Nc3ccccc3C(F)(F)F)NC2=O)c([N+](=O)[O-])c1. The number of hydrogen-bond donors (Lipinski definition) is 2. The van der Waals surface area contributed by atoms with Crippen LogP contribution in [0.2, 0.25) is 0 Å². The maximum absolute atomic E-state index is 13.1. The van der Waals surface area contributed by atoms with Crippen LogP contribution in [0.25, 0.3) is 0 Å². The van der Waals surface area contributed by atoms with E-state index < -0.39 is 33.7 Å². The van der Waals surface area contributed by atoms with Crippen molar-refractivity contribution >= 4 is 45.8 Å². The molecule has 0 aromatic heterocycles. The normalized spacial score (nSPS) is 17.5. The van der Waals surface area contributed by atoms with Crippen LogP contribution in [-0.2, 0) is 15.8 Å². The third-order valence-corrected chi connectivity index (χ3v) is 5.28. The monoisotopic (exact) mass is 452 g/mol. The fourth-order valence-corrected chi connectivity index (χ4v) is 3.76. The van der Waals surface area contributed by atoms with E-state index in [9.17, 15) is 32.9 Å². The Balaban J connectivity index is 1.72. The predicted molar refractivity (Wildman–Crippen MR) is 109 cm³/mol. The molecule has 1 fully saturated rings. The number of nitro groups is 1. The molecule has 0 bridgehead atoms. The second-order valence-corrected chi connectivity index (χ2v) is 7.75. The molecular weight excluding hydrogens is 437 g/mol. The maximum Gasteiger partial charge on any atom is 0.418 e. The summed E-state index contributed by atoms with van der Waals surface area (Å²) >= 11 is 0.812. The lowest BCUT2D eigenvalue weighted by molar-refractivity contribution is -0.384. The first-order valence-electron chi connectivity index (χ1n) is 8.82. The number of alkyl halides is 3. The van der Waals surface area contributed by atoms with Crippen molar-refractivity contribution in [2.24, 2.45) is 4.99 Å². The molecule has 2 aromatic rings. The number of carbonyl (C=O) groups is 2. The number of benzene rings is 2. The quantitative estimate of drug-likeness (QED) is 0.522. The fraction of sp³-hybridized carbons (Fsp3) is 0.211. The Labute approximate surface area is 178 Å². The highest BCUT2D eigenvalue weighted by Crippen LogP contribution is 2.37. The lowest BCUT2D eigenvalue weighted by atomic mass is 10.2. The van der Waals surface area contributed by atoms with Crippen LogP contribution in [0.15, 0.2) is 47.5 Å². The van der Waals surface area contributed by atoms with Crippen molar-refractivity contribution in [3.05, 3.63) is 63.7 Å². The highest BCUT2D eigenvalue weighted by molar-refractivity contribution is 8.15. The number of rotatable bonds is 5. The topological polar surface area (TPSA) is 114 Å². The summed E-state index contributed by atoms with van der Waals surface area (Å²) in [6, 6.07) is 8.92. The van der Waals surface area contributed by atoms with Gasteiger partial charge in [0.05, 0.1) is 16.2 Å². The smallest absolute Gasteiger partial charge is 0.320 e. The number of hydrogen-bond acceptors (Lipinski definition) is 6. The van der Waals surface area contributed by atoms with Gasteiger partial charge in [0.25, 0.3) is 5.69 Å². The molecule has 0 radical (unpaired) electrons. The van der Waals surface area contributed by atoms with Gasteiger partial charge >= 0.3 is 6.18 Å². The Morgan fingerprint density at radius 1 is 1.29 bits per heavy atom. The van der Waals surface area contributed by atoms with Gasteiger partial charge in [0.15, 0.2) is 5.17 Å². The van der Waals surface area contributed by atoms with Gasteiger partial charge in [-0.15, -0.1) is 0 Å². The molecule has 1 aliphatic heterocycles.